The minimum Gasteiger partial charge on any atom is -0.375 e. The molecule has 1 aromatic rings. The van der Waals surface area contributed by atoms with Gasteiger partial charge in [-0.1, -0.05) is 0 Å². The summed E-state index contributed by atoms with van der Waals surface area (Å²) in [6.45, 7) is 3.32. The molecule has 6 heteroatoms. The van der Waals surface area contributed by atoms with Crippen LogP contribution in [0.4, 0.5) is 5.69 Å². The lowest BCUT2D eigenvalue weighted by Gasteiger charge is -2.32. The van der Waals surface area contributed by atoms with Gasteiger partial charge in [-0.05, 0) is 37.4 Å². The lowest BCUT2D eigenvalue weighted by molar-refractivity contribution is -0.126. The molecule has 2 rings (SSSR count). The van der Waals surface area contributed by atoms with Crippen molar-refractivity contribution in [2.75, 3.05) is 31.4 Å². The fourth-order valence-corrected chi connectivity index (χ4v) is 2.56. The smallest absolute Gasteiger partial charge is 0.246 e. The number of amides is 1. The van der Waals surface area contributed by atoms with E-state index in [1.807, 2.05) is 37.4 Å². The highest BCUT2D eigenvalue weighted by Gasteiger charge is 2.30. The zero-order valence-electron chi connectivity index (χ0n) is 12.0. The maximum absolute atomic E-state index is 12.4. The van der Waals surface area contributed by atoms with Crippen molar-refractivity contribution in [3.8, 4) is 0 Å². The van der Waals surface area contributed by atoms with Crippen LogP contribution >= 0.6 is 24.2 Å². The molecule has 0 unspecified atom stereocenters. The number of rotatable bonds is 3. The molecule has 1 fully saturated rings. The van der Waals surface area contributed by atoms with Crippen LogP contribution in [-0.4, -0.2) is 44.5 Å². The monoisotopic (exact) mass is 316 g/mol. The number of nitrogens with zero attached hydrogens (tertiary/aromatic N) is 1. The first kappa shape index (κ1) is 17.3. The van der Waals surface area contributed by atoms with E-state index in [1.165, 1.54) is 4.90 Å². The van der Waals surface area contributed by atoms with E-state index in [2.05, 4.69) is 5.32 Å². The summed E-state index contributed by atoms with van der Waals surface area (Å²) in [6.07, 6.45) is 1.95. The lowest BCUT2D eigenvalue weighted by atomic mass is 10.1. The van der Waals surface area contributed by atoms with Gasteiger partial charge in [0, 0.05) is 24.2 Å². The Morgan fingerprint density at radius 2 is 2.05 bits per heavy atom. The molecule has 0 bridgehead atoms. The second kappa shape index (κ2) is 7.88. The number of thioether (sulfide) groups is 1. The van der Waals surface area contributed by atoms with Gasteiger partial charge in [-0.3, -0.25) is 4.79 Å². The highest BCUT2D eigenvalue weighted by molar-refractivity contribution is 7.98. The summed E-state index contributed by atoms with van der Waals surface area (Å²) in [6, 6.07) is 7.73. The van der Waals surface area contributed by atoms with Gasteiger partial charge >= 0.3 is 0 Å². The Labute approximate surface area is 130 Å². The van der Waals surface area contributed by atoms with Crippen molar-refractivity contribution in [3.05, 3.63) is 24.3 Å². The average molecular weight is 317 g/mol. The Morgan fingerprint density at radius 3 is 2.60 bits per heavy atom. The van der Waals surface area contributed by atoms with E-state index in [0.29, 0.717) is 6.61 Å². The second-order valence-corrected chi connectivity index (χ2v) is 5.48. The number of hydrogen-bond donors (Lipinski definition) is 1. The summed E-state index contributed by atoms with van der Waals surface area (Å²) in [5.41, 5.74) is 0.905. The van der Waals surface area contributed by atoms with Crippen LogP contribution in [0.25, 0.3) is 0 Å². The van der Waals surface area contributed by atoms with Crippen molar-refractivity contribution in [2.45, 2.75) is 24.0 Å². The highest BCUT2D eigenvalue weighted by Crippen LogP contribution is 2.21. The molecule has 112 valence electrons. The minimum atomic E-state index is -0.265. The molecule has 1 aromatic carbocycles. The third-order valence-corrected chi connectivity index (χ3v) is 4.12. The summed E-state index contributed by atoms with van der Waals surface area (Å²) in [4.78, 5) is 15.3. The topological polar surface area (TPSA) is 41.6 Å². The molecule has 0 aromatic heterocycles. The molecule has 2 atom stereocenters. The number of carbonyl (C=O) groups is 1. The van der Waals surface area contributed by atoms with E-state index in [0.717, 1.165) is 12.2 Å². The first-order chi connectivity index (χ1) is 9.13. The normalized spacial score (nSPS) is 21.9. The van der Waals surface area contributed by atoms with Gasteiger partial charge in [0.1, 0.15) is 6.04 Å². The number of hydrogen-bond acceptors (Lipinski definition) is 4. The molecule has 4 nitrogen and oxygen atoms in total. The van der Waals surface area contributed by atoms with Crippen molar-refractivity contribution < 1.29 is 9.53 Å². The number of ether oxygens (including phenoxy) is 1. The molecule has 0 spiro atoms. The zero-order chi connectivity index (χ0) is 13.8. The van der Waals surface area contributed by atoms with Crippen molar-refractivity contribution in [3.63, 3.8) is 0 Å². The maximum Gasteiger partial charge on any atom is 0.246 e. The van der Waals surface area contributed by atoms with Crippen LogP contribution in [0, 0.1) is 0 Å². The van der Waals surface area contributed by atoms with Gasteiger partial charge in [-0.25, -0.2) is 0 Å². The van der Waals surface area contributed by atoms with E-state index in [9.17, 15) is 4.79 Å². The van der Waals surface area contributed by atoms with Crippen LogP contribution in [0.5, 0.6) is 0 Å². The molecule has 1 aliphatic rings. The van der Waals surface area contributed by atoms with E-state index in [-0.39, 0.29) is 30.5 Å². The Hall–Kier alpha value is -0.750. The summed E-state index contributed by atoms with van der Waals surface area (Å²) < 4.78 is 5.52. The van der Waals surface area contributed by atoms with E-state index in [4.69, 9.17) is 4.74 Å². The molecule has 0 saturated carbocycles. The van der Waals surface area contributed by atoms with E-state index >= 15 is 0 Å². The van der Waals surface area contributed by atoms with Gasteiger partial charge in [0.25, 0.3) is 0 Å². The number of morpholine rings is 1. The minimum absolute atomic E-state index is 0. The van der Waals surface area contributed by atoms with E-state index in [1.54, 1.807) is 23.7 Å². The predicted molar refractivity (Wildman–Crippen MR) is 86.1 cm³/mol. The molecule has 0 aliphatic carbocycles. The molecule has 1 heterocycles. The number of halogens is 1. The molecular weight excluding hydrogens is 296 g/mol. The van der Waals surface area contributed by atoms with Gasteiger partial charge in [0.15, 0.2) is 0 Å². The molecular formula is C14H21ClN2O2S. The van der Waals surface area contributed by atoms with Gasteiger partial charge in [-0.15, -0.1) is 24.2 Å². The number of anilines is 1. The first-order valence-corrected chi connectivity index (χ1v) is 7.62. The lowest BCUT2D eigenvalue weighted by Crippen LogP contribution is -2.55. The van der Waals surface area contributed by atoms with Crippen molar-refractivity contribution >= 4 is 35.8 Å². The van der Waals surface area contributed by atoms with Gasteiger partial charge < -0.3 is 15.0 Å². The molecule has 1 saturated heterocycles. The van der Waals surface area contributed by atoms with Gasteiger partial charge in [0.05, 0.1) is 12.7 Å². The van der Waals surface area contributed by atoms with Crippen LogP contribution in [0.2, 0.25) is 0 Å². The Bertz CT molecular complexity index is 441. The average Bonchev–Trinajstić information content (AvgIpc) is 2.46. The quantitative estimate of drug-likeness (QED) is 0.868. The summed E-state index contributed by atoms with van der Waals surface area (Å²) in [7, 11) is 1.80. The molecule has 0 radical (unpaired) electrons. The SMILES string of the molecule is CSc1ccc(N(C)C(=O)[C@H]2NCCO[C@@H]2C)cc1.Cl. The fourth-order valence-electron chi connectivity index (χ4n) is 2.15. The largest absolute Gasteiger partial charge is 0.375 e. The van der Waals surface area contributed by atoms with Crippen molar-refractivity contribution in [1.29, 1.82) is 0 Å². The Morgan fingerprint density at radius 1 is 1.40 bits per heavy atom. The first-order valence-electron chi connectivity index (χ1n) is 6.40. The fraction of sp³-hybridized carbons (Fsp3) is 0.500. The molecule has 1 aliphatic heterocycles. The molecule has 1 N–H and O–H groups in total. The van der Waals surface area contributed by atoms with Crippen LogP contribution in [0.3, 0.4) is 0 Å². The van der Waals surface area contributed by atoms with Crippen LogP contribution < -0.4 is 10.2 Å². The number of likely N-dealkylation sites (N-methyl/N-ethyl adjacent to an activating group) is 1. The van der Waals surface area contributed by atoms with Gasteiger partial charge in [-0.2, -0.15) is 0 Å². The zero-order valence-corrected chi connectivity index (χ0v) is 13.6. The van der Waals surface area contributed by atoms with Crippen LogP contribution in [-0.2, 0) is 9.53 Å². The van der Waals surface area contributed by atoms with Crippen molar-refractivity contribution in [1.82, 2.24) is 5.32 Å². The molecule has 20 heavy (non-hydrogen) atoms. The van der Waals surface area contributed by atoms with E-state index < -0.39 is 0 Å². The van der Waals surface area contributed by atoms with Gasteiger partial charge in [0.2, 0.25) is 5.91 Å². The Kier molecular flexibility index (Phi) is 6.82. The number of carbonyl (C=O) groups excluding carboxylic acids is 1. The second-order valence-electron chi connectivity index (χ2n) is 4.60. The highest BCUT2D eigenvalue weighted by atomic mass is 35.5. The third-order valence-electron chi connectivity index (χ3n) is 3.37. The standard InChI is InChI=1S/C14H20N2O2S.ClH/c1-10-13(15-8-9-18-10)14(17)16(2)11-4-6-12(19-3)7-5-11;/h4-7,10,13,15H,8-9H2,1-3H3;1H/t10-,13+;/m1./s1. The molecule has 1 amide bonds. The number of nitrogens with one attached hydrogen (secondary N) is 1. The summed E-state index contributed by atoms with van der Waals surface area (Å²) in [5, 5.41) is 3.22. The Balaban J connectivity index is 0.00000200. The third kappa shape index (κ3) is 3.88. The predicted octanol–water partition coefficient (Wildman–Crippen LogP) is 2.17. The van der Waals surface area contributed by atoms with Crippen LogP contribution in [0.1, 0.15) is 6.92 Å². The van der Waals surface area contributed by atoms with Crippen LogP contribution in [0.15, 0.2) is 29.2 Å². The maximum atomic E-state index is 12.4. The van der Waals surface area contributed by atoms with Crippen molar-refractivity contribution in [2.24, 2.45) is 0 Å². The number of benzene rings is 1. The summed E-state index contributed by atoms with van der Waals surface area (Å²) in [5.74, 6) is 0.0455. The summed E-state index contributed by atoms with van der Waals surface area (Å²) >= 11 is 1.69.